The lowest BCUT2D eigenvalue weighted by Gasteiger charge is -2.52. The Morgan fingerprint density at radius 1 is 0.860 bits per heavy atom. The summed E-state index contributed by atoms with van der Waals surface area (Å²) < 4.78 is 0. The Bertz CT molecular complexity index is 1790. The Labute approximate surface area is 247 Å². The molecule has 4 aliphatic rings. The maximum Gasteiger partial charge on any atom is 0.293 e. The fraction of sp³-hybridized carbons (Fsp3) is 0.176. The van der Waals surface area contributed by atoms with Crippen LogP contribution in [0.15, 0.2) is 108 Å². The summed E-state index contributed by atoms with van der Waals surface area (Å²) >= 11 is 0. The number of amides is 3. The normalized spacial score (nSPS) is 23.2. The lowest BCUT2D eigenvalue weighted by atomic mass is 9.47. The van der Waals surface area contributed by atoms with Crippen molar-refractivity contribution in [2.45, 2.75) is 24.2 Å². The number of rotatable bonds is 7. The molecule has 212 valence electrons. The van der Waals surface area contributed by atoms with Crippen molar-refractivity contribution in [3.8, 4) is 0 Å². The molecule has 0 spiro atoms. The van der Waals surface area contributed by atoms with E-state index < -0.39 is 39.9 Å². The highest BCUT2D eigenvalue weighted by molar-refractivity contribution is 6.25. The summed E-state index contributed by atoms with van der Waals surface area (Å²) in [6, 6.07) is 30.8. The van der Waals surface area contributed by atoms with E-state index in [1.165, 1.54) is 18.2 Å². The number of carbonyl (C=O) groups excluding carboxylic acids is 3. The highest BCUT2D eigenvalue weighted by atomic mass is 16.6. The summed E-state index contributed by atoms with van der Waals surface area (Å²) in [5.41, 5.74) is 5.56. The minimum absolute atomic E-state index is 0.0503. The van der Waals surface area contributed by atoms with Crippen LogP contribution in [0, 0.1) is 22.0 Å². The van der Waals surface area contributed by atoms with Crippen molar-refractivity contribution in [2.75, 3.05) is 4.90 Å². The topological polar surface area (TPSA) is 122 Å². The van der Waals surface area contributed by atoms with Gasteiger partial charge in [0.25, 0.3) is 5.69 Å². The van der Waals surface area contributed by atoms with Crippen LogP contribution < -0.4 is 10.3 Å². The molecular weight excluding hydrogens is 544 g/mol. The Kier molecular flexibility index (Phi) is 6.23. The van der Waals surface area contributed by atoms with E-state index in [1.54, 1.807) is 12.3 Å². The second kappa shape index (κ2) is 10.1. The predicted octanol–water partition coefficient (Wildman–Crippen LogP) is 4.88. The molecule has 1 saturated heterocycles. The average molecular weight is 571 g/mol. The second-order valence-electron chi connectivity index (χ2n) is 11.1. The number of para-hydroxylation sites is 2. The maximum absolute atomic E-state index is 14.4. The molecule has 3 amide bonds. The Morgan fingerprint density at radius 2 is 1.47 bits per heavy atom. The molecule has 8 rings (SSSR count). The number of carbonyl (C=O) groups is 3. The molecule has 0 radical (unpaired) electrons. The van der Waals surface area contributed by atoms with Crippen molar-refractivity contribution in [2.24, 2.45) is 16.9 Å². The largest absolute Gasteiger partial charge is 0.293 e. The SMILES string of the molecule is O=C(CCc1ccccc1)N/N=C/C12c3ccccc3C(c3ccccc31)C1C(=O)N(c3ccccc3[N+](=O)[O-])C(=O)C12. The number of hydrogen-bond donors (Lipinski definition) is 1. The standard InChI is InChI=1S/C34H26N4O5/c39-28(19-18-21-10-2-1-3-11-21)36-35-20-34-24-14-6-4-12-22(24)29(23-13-5-7-15-25(23)34)30-31(34)33(41)37(32(30)40)26-16-8-9-17-27(26)38(42)43/h1-17,20,29-31H,18-19H2,(H,36,39)/b35-20+. The van der Waals surface area contributed by atoms with E-state index in [4.69, 9.17) is 0 Å². The van der Waals surface area contributed by atoms with Gasteiger partial charge in [0.05, 0.1) is 22.2 Å². The highest BCUT2D eigenvalue weighted by Gasteiger charge is 2.68. The zero-order valence-electron chi connectivity index (χ0n) is 22.9. The zero-order chi connectivity index (χ0) is 29.7. The lowest BCUT2D eigenvalue weighted by molar-refractivity contribution is -0.384. The van der Waals surface area contributed by atoms with Gasteiger partial charge in [-0.2, -0.15) is 5.10 Å². The number of hydrogen-bond acceptors (Lipinski definition) is 6. The fourth-order valence-corrected chi connectivity index (χ4v) is 7.26. The van der Waals surface area contributed by atoms with Gasteiger partial charge >= 0.3 is 0 Å². The summed E-state index contributed by atoms with van der Waals surface area (Å²) in [5, 5.41) is 16.3. The first-order valence-electron chi connectivity index (χ1n) is 14.1. The molecule has 4 aromatic carbocycles. The number of nitrogens with one attached hydrogen (secondary N) is 1. The predicted molar refractivity (Wildman–Crippen MR) is 159 cm³/mol. The van der Waals surface area contributed by atoms with Crippen molar-refractivity contribution >= 4 is 35.3 Å². The summed E-state index contributed by atoms with van der Waals surface area (Å²) in [5.74, 6) is -3.44. The van der Waals surface area contributed by atoms with Crippen LogP contribution in [0.1, 0.15) is 40.2 Å². The van der Waals surface area contributed by atoms with Gasteiger partial charge in [0.15, 0.2) is 0 Å². The van der Waals surface area contributed by atoms with Gasteiger partial charge in [-0.05, 0) is 40.3 Å². The lowest BCUT2D eigenvalue weighted by Crippen LogP contribution is -2.54. The van der Waals surface area contributed by atoms with Crippen molar-refractivity contribution in [1.29, 1.82) is 0 Å². The minimum atomic E-state index is -1.19. The number of nitrogens with zero attached hydrogens (tertiary/aromatic N) is 3. The molecule has 1 aliphatic heterocycles. The molecule has 2 unspecified atom stereocenters. The molecule has 43 heavy (non-hydrogen) atoms. The molecular formula is C34H26N4O5. The van der Waals surface area contributed by atoms with E-state index in [0.717, 1.165) is 32.7 Å². The van der Waals surface area contributed by atoms with Gasteiger partial charge in [-0.3, -0.25) is 24.5 Å². The van der Waals surface area contributed by atoms with Crippen LogP contribution in [0.3, 0.4) is 0 Å². The summed E-state index contributed by atoms with van der Waals surface area (Å²) in [6.07, 6.45) is 2.36. The maximum atomic E-state index is 14.4. The van der Waals surface area contributed by atoms with Gasteiger partial charge in [-0.25, -0.2) is 10.3 Å². The highest BCUT2D eigenvalue weighted by Crippen LogP contribution is 2.63. The van der Waals surface area contributed by atoms with Gasteiger partial charge < -0.3 is 0 Å². The monoisotopic (exact) mass is 570 g/mol. The van der Waals surface area contributed by atoms with Crippen LogP contribution in [0.2, 0.25) is 0 Å². The number of imide groups is 1. The van der Waals surface area contributed by atoms with E-state index >= 15 is 0 Å². The third kappa shape index (κ3) is 3.92. The number of aryl methyl sites for hydroxylation is 1. The molecule has 0 saturated carbocycles. The van der Waals surface area contributed by atoms with E-state index in [9.17, 15) is 24.5 Å². The molecule has 9 heteroatoms. The molecule has 0 aromatic heterocycles. The van der Waals surface area contributed by atoms with Crippen LogP contribution in [-0.2, 0) is 26.2 Å². The van der Waals surface area contributed by atoms with Crippen molar-refractivity contribution < 1.29 is 19.3 Å². The van der Waals surface area contributed by atoms with E-state index in [-0.39, 0.29) is 23.7 Å². The number of anilines is 1. The molecule has 1 fully saturated rings. The van der Waals surface area contributed by atoms with Gasteiger partial charge in [-0.15, -0.1) is 0 Å². The Hall–Kier alpha value is -5.44. The average Bonchev–Trinajstić information content (AvgIpc) is 3.31. The number of nitro benzene ring substituents is 1. The molecule has 2 bridgehead atoms. The van der Waals surface area contributed by atoms with Crippen LogP contribution in [-0.4, -0.2) is 28.9 Å². The van der Waals surface area contributed by atoms with Crippen LogP contribution in [0.4, 0.5) is 11.4 Å². The quantitative estimate of drug-likeness (QED) is 0.147. The van der Waals surface area contributed by atoms with Crippen molar-refractivity contribution in [3.63, 3.8) is 0 Å². The van der Waals surface area contributed by atoms with Gasteiger partial charge in [-0.1, -0.05) is 91.0 Å². The first-order valence-corrected chi connectivity index (χ1v) is 14.1. The third-order valence-corrected chi connectivity index (χ3v) is 8.94. The number of benzene rings is 4. The Morgan fingerprint density at radius 3 is 2.14 bits per heavy atom. The molecule has 2 atom stereocenters. The van der Waals surface area contributed by atoms with Gasteiger partial charge in [0.2, 0.25) is 17.7 Å². The first kappa shape index (κ1) is 26.5. The fourth-order valence-electron chi connectivity index (χ4n) is 7.26. The van der Waals surface area contributed by atoms with Crippen LogP contribution in [0.5, 0.6) is 0 Å². The number of nitro groups is 1. The van der Waals surface area contributed by atoms with E-state index in [0.29, 0.717) is 6.42 Å². The molecule has 9 nitrogen and oxygen atoms in total. The van der Waals surface area contributed by atoms with Gasteiger partial charge in [0, 0.05) is 24.6 Å². The minimum Gasteiger partial charge on any atom is -0.274 e. The second-order valence-corrected chi connectivity index (χ2v) is 11.1. The summed E-state index contributed by atoms with van der Waals surface area (Å²) in [7, 11) is 0. The van der Waals surface area contributed by atoms with E-state index in [1.807, 2.05) is 78.9 Å². The van der Waals surface area contributed by atoms with Crippen LogP contribution >= 0.6 is 0 Å². The van der Waals surface area contributed by atoms with Crippen LogP contribution in [0.25, 0.3) is 0 Å². The molecule has 1 heterocycles. The van der Waals surface area contributed by atoms with Crippen molar-refractivity contribution in [3.05, 3.63) is 141 Å². The van der Waals surface area contributed by atoms with Gasteiger partial charge in [0.1, 0.15) is 5.69 Å². The molecule has 1 N–H and O–H groups in total. The first-order chi connectivity index (χ1) is 20.9. The zero-order valence-corrected chi connectivity index (χ0v) is 22.9. The number of hydrazone groups is 1. The Balaban J connectivity index is 1.33. The summed E-state index contributed by atoms with van der Waals surface area (Å²) in [4.78, 5) is 53.8. The molecule has 3 aliphatic carbocycles. The van der Waals surface area contributed by atoms with E-state index in [2.05, 4.69) is 10.5 Å². The third-order valence-electron chi connectivity index (χ3n) is 8.94. The smallest absolute Gasteiger partial charge is 0.274 e. The van der Waals surface area contributed by atoms with Crippen molar-refractivity contribution in [1.82, 2.24) is 5.43 Å². The molecule has 4 aromatic rings. The summed E-state index contributed by atoms with van der Waals surface area (Å²) in [6.45, 7) is 0.